The lowest BCUT2D eigenvalue weighted by molar-refractivity contribution is 0.0693. The first-order chi connectivity index (χ1) is 6.70. The molecule has 1 rings (SSSR count). The Morgan fingerprint density at radius 3 is 2.79 bits per heavy atom. The molecular formula is C10H12O3S. The number of hydrogen-bond donors (Lipinski definition) is 1. The molecule has 0 atom stereocenters. The van der Waals surface area contributed by atoms with Gasteiger partial charge in [0.05, 0.1) is 12.0 Å². The molecule has 0 saturated heterocycles. The Bertz CT molecular complexity index is 336. The van der Waals surface area contributed by atoms with Gasteiger partial charge < -0.3 is 9.84 Å². The fraction of sp³-hybridized carbons (Fsp3) is 0.300. The fourth-order valence-electron chi connectivity index (χ4n) is 1.16. The molecule has 1 aromatic carbocycles. The number of methoxy groups -OCH3 is 1. The maximum absolute atomic E-state index is 10.8. The molecule has 0 unspecified atom stereocenters. The number of hydrogen-bond acceptors (Lipinski definition) is 3. The van der Waals surface area contributed by atoms with Crippen LogP contribution in [0, 0.1) is 0 Å². The molecule has 0 aromatic heterocycles. The molecule has 0 bridgehead atoms. The lowest BCUT2D eigenvalue weighted by Crippen LogP contribution is -2.01. The first-order valence-corrected chi connectivity index (χ1v) is 5.22. The number of para-hydroxylation sites is 1. The summed E-state index contributed by atoms with van der Waals surface area (Å²) in [5.41, 5.74) is 0.214. The average Bonchev–Trinajstić information content (AvgIpc) is 2.18. The number of carbonyl (C=O) groups is 1. The van der Waals surface area contributed by atoms with E-state index in [0.29, 0.717) is 5.75 Å². The van der Waals surface area contributed by atoms with E-state index >= 15 is 0 Å². The second-order valence-electron chi connectivity index (χ2n) is 2.58. The quantitative estimate of drug-likeness (QED) is 0.779. The van der Waals surface area contributed by atoms with E-state index in [1.165, 1.54) is 7.11 Å². The lowest BCUT2D eigenvalue weighted by Gasteiger charge is -2.09. The number of carboxylic acids is 1. The Balaban J connectivity index is 3.17. The molecular weight excluding hydrogens is 200 g/mol. The Labute approximate surface area is 87.1 Å². The van der Waals surface area contributed by atoms with Gasteiger partial charge in [-0.15, -0.1) is 11.8 Å². The first-order valence-electron chi connectivity index (χ1n) is 4.23. The van der Waals surface area contributed by atoms with Crippen LogP contribution in [0.2, 0.25) is 0 Å². The van der Waals surface area contributed by atoms with Crippen LogP contribution in [-0.4, -0.2) is 23.9 Å². The van der Waals surface area contributed by atoms with Crippen molar-refractivity contribution in [2.45, 2.75) is 11.8 Å². The van der Waals surface area contributed by atoms with Crippen molar-refractivity contribution in [1.29, 1.82) is 0 Å². The summed E-state index contributed by atoms with van der Waals surface area (Å²) in [6.45, 7) is 2.01. The van der Waals surface area contributed by atoms with Crippen LogP contribution >= 0.6 is 11.8 Å². The predicted octanol–water partition coefficient (Wildman–Crippen LogP) is 2.51. The van der Waals surface area contributed by atoms with Crippen LogP contribution in [0.4, 0.5) is 0 Å². The van der Waals surface area contributed by atoms with E-state index in [4.69, 9.17) is 9.84 Å². The van der Waals surface area contributed by atoms with E-state index < -0.39 is 5.97 Å². The van der Waals surface area contributed by atoms with Gasteiger partial charge in [0.15, 0.2) is 0 Å². The van der Waals surface area contributed by atoms with Crippen LogP contribution in [0.3, 0.4) is 0 Å². The van der Waals surface area contributed by atoms with E-state index in [0.717, 1.165) is 10.6 Å². The summed E-state index contributed by atoms with van der Waals surface area (Å²) in [6.07, 6.45) is 0. The molecule has 0 fully saturated rings. The molecule has 3 nitrogen and oxygen atoms in total. The van der Waals surface area contributed by atoms with E-state index in [1.54, 1.807) is 23.9 Å². The summed E-state index contributed by atoms with van der Waals surface area (Å²) in [5.74, 6) is 0.381. The van der Waals surface area contributed by atoms with Crippen molar-refractivity contribution >= 4 is 17.7 Å². The summed E-state index contributed by atoms with van der Waals surface area (Å²) in [5, 5.41) is 8.90. The minimum Gasteiger partial charge on any atom is -0.495 e. The molecule has 1 aromatic rings. The topological polar surface area (TPSA) is 46.5 Å². The zero-order valence-electron chi connectivity index (χ0n) is 8.11. The smallest absolute Gasteiger partial charge is 0.339 e. The van der Waals surface area contributed by atoms with Crippen LogP contribution < -0.4 is 4.74 Å². The lowest BCUT2D eigenvalue weighted by atomic mass is 10.2. The van der Waals surface area contributed by atoms with Gasteiger partial charge in [-0.05, 0) is 17.9 Å². The molecule has 0 aliphatic heterocycles. The van der Waals surface area contributed by atoms with Crippen molar-refractivity contribution in [3.8, 4) is 5.75 Å². The van der Waals surface area contributed by atoms with Crippen molar-refractivity contribution < 1.29 is 14.6 Å². The molecule has 0 amide bonds. The van der Waals surface area contributed by atoms with Crippen LogP contribution in [-0.2, 0) is 0 Å². The zero-order chi connectivity index (χ0) is 10.6. The standard InChI is InChI=1S/C10H12O3S/c1-3-14-8-6-4-5-7(10(11)12)9(8)13-2/h4-6H,3H2,1-2H3,(H,11,12). The van der Waals surface area contributed by atoms with Crippen LogP contribution in [0.15, 0.2) is 23.1 Å². The number of aromatic carboxylic acids is 1. The molecule has 0 aliphatic carbocycles. The molecule has 4 heteroatoms. The monoisotopic (exact) mass is 212 g/mol. The van der Waals surface area contributed by atoms with Gasteiger partial charge in [-0.2, -0.15) is 0 Å². The summed E-state index contributed by atoms with van der Waals surface area (Å²) in [7, 11) is 1.49. The van der Waals surface area contributed by atoms with Gasteiger partial charge in [-0.3, -0.25) is 0 Å². The normalized spacial score (nSPS) is 9.86. The third-order valence-corrected chi connectivity index (χ3v) is 2.63. The minimum atomic E-state index is -0.958. The fourth-order valence-corrected chi connectivity index (χ4v) is 1.97. The highest BCUT2D eigenvalue weighted by atomic mass is 32.2. The third kappa shape index (κ3) is 2.20. The van der Waals surface area contributed by atoms with Crippen molar-refractivity contribution in [3.05, 3.63) is 23.8 Å². The first kappa shape index (κ1) is 10.9. The maximum Gasteiger partial charge on any atom is 0.339 e. The van der Waals surface area contributed by atoms with Crippen LogP contribution in [0.1, 0.15) is 17.3 Å². The van der Waals surface area contributed by atoms with E-state index in [1.807, 2.05) is 13.0 Å². The van der Waals surface area contributed by atoms with Crippen molar-refractivity contribution in [2.75, 3.05) is 12.9 Å². The third-order valence-electron chi connectivity index (χ3n) is 1.71. The number of carboxylic acid groups (broad SMARTS) is 1. The molecule has 0 spiro atoms. The molecule has 0 aliphatic rings. The SMILES string of the molecule is CCSc1cccc(C(=O)O)c1OC. The minimum absolute atomic E-state index is 0.214. The van der Waals surface area contributed by atoms with E-state index in [9.17, 15) is 4.79 Å². The number of ether oxygens (including phenoxy) is 1. The van der Waals surface area contributed by atoms with Crippen LogP contribution in [0.5, 0.6) is 5.75 Å². The Hall–Kier alpha value is -1.16. The van der Waals surface area contributed by atoms with Gasteiger partial charge in [0, 0.05) is 0 Å². The molecule has 0 radical (unpaired) electrons. The average molecular weight is 212 g/mol. The van der Waals surface area contributed by atoms with Gasteiger partial charge in [-0.25, -0.2) is 4.79 Å². The largest absolute Gasteiger partial charge is 0.495 e. The highest BCUT2D eigenvalue weighted by Gasteiger charge is 2.13. The number of benzene rings is 1. The van der Waals surface area contributed by atoms with Crippen LogP contribution in [0.25, 0.3) is 0 Å². The number of rotatable bonds is 4. The predicted molar refractivity (Wildman–Crippen MR) is 56.4 cm³/mol. The second-order valence-corrected chi connectivity index (χ2v) is 3.88. The number of thioether (sulfide) groups is 1. The van der Waals surface area contributed by atoms with Gasteiger partial charge >= 0.3 is 5.97 Å². The molecule has 76 valence electrons. The maximum atomic E-state index is 10.8. The molecule has 0 saturated carbocycles. The van der Waals surface area contributed by atoms with Gasteiger partial charge in [-0.1, -0.05) is 13.0 Å². The summed E-state index contributed by atoms with van der Waals surface area (Å²) in [6, 6.07) is 5.13. The van der Waals surface area contributed by atoms with Crippen molar-refractivity contribution in [3.63, 3.8) is 0 Å². The summed E-state index contributed by atoms with van der Waals surface area (Å²) < 4.78 is 5.09. The van der Waals surface area contributed by atoms with Gasteiger partial charge in [0.2, 0.25) is 0 Å². The summed E-state index contributed by atoms with van der Waals surface area (Å²) in [4.78, 5) is 11.7. The highest BCUT2D eigenvalue weighted by Crippen LogP contribution is 2.32. The van der Waals surface area contributed by atoms with E-state index in [2.05, 4.69) is 0 Å². The zero-order valence-corrected chi connectivity index (χ0v) is 8.93. The highest BCUT2D eigenvalue weighted by molar-refractivity contribution is 7.99. The van der Waals surface area contributed by atoms with E-state index in [-0.39, 0.29) is 5.56 Å². The Morgan fingerprint density at radius 1 is 1.57 bits per heavy atom. The Kier molecular flexibility index (Phi) is 3.83. The molecule has 1 N–H and O–H groups in total. The molecule has 0 heterocycles. The van der Waals surface area contributed by atoms with Gasteiger partial charge in [0.1, 0.15) is 11.3 Å². The summed E-state index contributed by atoms with van der Waals surface area (Å²) >= 11 is 1.57. The van der Waals surface area contributed by atoms with Gasteiger partial charge in [0.25, 0.3) is 0 Å². The second kappa shape index (κ2) is 4.91. The molecule has 14 heavy (non-hydrogen) atoms. The van der Waals surface area contributed by atoms with Crippen molar-refractivity contribution in [2.24, 2.45) is 0 Å². The Morgan fingerprint density at radius 2 is 2.29 bits per heavy atom. The van der Waals surface area contributed by atoms with Crippen molar-refractivity contribution in [1.82, 2.24) is 0 Å².